The topological polar surface area (TPSA) is 76.0 Å². The molecule has 5 nitrogen and oxygen atoms in total. The van der Waals surface area contributed by atoms with Gasteiger partial charge in [0.05, 0.1) is 19.3 Å². The highest BCUT2D eigenvalue weighted by atomic mass is 16.6. The first-order chi connectivity index (χ1) is 5.25. The van der Waals surface area contributed by atoms with Crippen LogP contribution in [0.3, 0.4) is 0 Å². The monoisotopic (exact) mass is 162 g/mol. The van der Waals surface area contributed by atoms with Gasteiger partial charge in [-0.1, -0.05) is 0 Å². The van der Waals surface area contributed by atoms with Crippen LogP contribution in [0.4, 0.5) is 0 Å². The molecule has 2 atom stereocenters. The Balaban J connectivity index is 2.44. The number of rotatable bonds is 3. The molecule has 0 bridgehead atoms. The van der Waals surface area contributed by atoms with E-state index in [1.807, 2.05) is 0 Å². The number of aliphatic hydroxyl groups excluding tert-OH is 1. The number of hydrogen-bond donors (Lipinski definition) is 2. The maximum Gasteiger partial charge on any atom is 0.311 e. The molecule has 1 heterocycles. The SMILES string of the molecule is O=C(O)[C@@H]1COC[C@@H]1OCO. The van der Waals surface area contributed by atoms with Crippen LogP contribution >= 0.6 is 0 Å². The minimum Gasteiger partial charge on any atom is -0.481 e. The normalized spacial score (nSPS) is 30.6. The molecule has 0 radical (unpaired) electrons. The molecule has 0 aromatic carbocycles. The van der Waals surface area contributed by atoms with Crippen LogP contribution in [0.5, 0.6) is 0 Å². The van der Waals surface area contributed by atoms with Crippen LogP contribution in [0.15, 0.2) is 0 Å². The second-order valence-electron chi connectivity index (χ2n) is 2.32. The van der Waals surface area contributed by atoms with E-state index in [0.717, 1.165) is 0 Å². The van der Waals surface area contributed by atoms with Gasteiger partial charge in [0.2, 0.25) is 0 Å². The summed E-state index contributed by atoms with van der Waals surface area (Å²) in [5.74, 6) is -1.58. The maximum atomic E-state index is 10.4. The Morgan fingerprint density at radius 2 is 2.36 bits per heavy atom. The zero-order valence-electron chi connectivity index (χ0n) is 5.90. The smallest absolute Gasteiger partial charge is 0.311 e. The Morgan fingerprint density at radius 1 is 1.64 bits per heavy atom. The van der Waals surface area contributed by atoms with E-state index in [1.54, 1.807) is 0 Å². The van der Waals surface area contributed by atoms with Gasteiger partial charge in [-0.15, -0.1) is 0 Å². The number of carboxylic acids is 1. The van der Waals surface area contributed by atoms with Crippen molar-refractivity contribution in [2.75, 3.05) is 20.0 Å². The minimum absolute atomic E-state index is 0.167. The summed E-state index contributed by atoms with van der Waals surface area (Å²) in [6.45, 7) is -0.0463. The van der Waals surface area contributed by atoms with Gasteiger partial charge < -0.3 is 19.7 Å². The zero-order valence-corrected chi connectivity index (χ0v) is 5.90. The van der Waals surface area contributed by atoms with Crippen molar-refractivity contribution in [1.82, 2.24) is 0 Å². The summed E-state index contributed by atoms with van der Waals surface area (Å²) in [6, 6.07) is 0. The first-order valence-electron chi connectivity index (χ1n) is 3.28. The van der Waals surface area contributed by atoms with Crippen LogP contribution in [0.25, 0.3) is 0 Å². The highest BCUT2D eigenvalue weighted by Gasteiger charge is 2.34. The largest absolute Gasteiger partial charge is 0.481 e. The fourth-order valence-electron chi connectivity index (χ4n) is 1.02. The number of ether oxygens (including phenoxy) is 2. The molecule has 1 saturated heterocycles. The lowest BCUT2D eigenvalue weighted by Crippen LogP contribution is -2.29. The van der Waals surface area contributed by atoms with E-state index >= 15 is 0 Å². The van der Waals surface area contributed by atoms with E-state index in [9.17, 15) is 4.79 Å². The van der Waals surface area contributed by atoms with Crippen molar-refractivity contribution >= 4 is 5.97 Å². The average Bonchev–Trinajstić information content (AvgIpc) is 2.36. The molecule has 1 fully saturated rings. The second-order valence-corrected chi connectivity index (χ2v) is 2.32. The number of aliphatic hydroxyl groups is 1. The predicted octanol–water partition coefficient (Wildman–Crippen LogP) is -0.948. The van der Waals surface area contributed by atoms with Gasteiger partial charge in [0.1, 0.15) is 12.7 Å². The summed E-state index contributed by atoms with van der Waals surface area (Å²) in [5, 5.41) is 16.9. The molecule has 0 amide bonds. The Hall–Kier alpha value is -0.650. The quantitative estimate of drug-likeness (QED) is 0.523. The number of carbonyl (C=O) groups is 1. The minimum atomic E-state index is -0.944. The van der Waals surface area contributed by atoms with E-state index in [0.29, 0.717) is 0 Å². The first-order valence-corrected chi connectivity index (χ1v) is 3.28. The molecule has 1 aliphatic heterocycles. The van der Waals surface area contributed by atoms with Crippen molar-refractivity contribution in [2.24, 2.45) is 5.92 Å². The summed E-state index contributed by atoms with van der Waals surface area (Å²) in [6.07, 6.45) is -0.502. The van der Waals surface area contributed by atoms with Gasteiger partial charge in [-0.25, -0.2) is 0 Å². The summed E-state index contributed by atoms with van der Waals surface area (Å²) in [4.78, 5) is 10.4. The van der Waals surface area contributed by atoms with Crippen molar-refractivity contribution in [3.05, 3.63) is 0 Å². The van der Waals surface area contributed by atoms with Crippen LogP contribution in [0.2, 0.25) is 0 Å². The van der Waals surface area contributed by atoms with Crippen molar-refractivity contribution < 1.29 is 24.5 Å². The molecule has 0 aromatic heterocycles. The molecule has 2 N–H and O–H groups in total. The van der Waals surface area contributed by atoms with E-state index in [-0.39, 0.29) is 13.2 Å². The van der Waals surface area contributed by atoms with Crippen LogP contribution < -0.4 is 0 Å². The standard InChI is InChI=1S/C6H10O5/c7-3-11-5-2-10-1-4(5)6(8)9/h4-5,7H,1-3H2,(H,8,9)/t4-,5+/m1/s1. The van der Waals surface area contributed by atoms with Crippen molar-refractivity contribution in [1.29, 1.82) is 0 Å². The van der Waals surface area contributed by atoms with Gasteiger partial charge >= 0.3 is 5.97 Å². The molecular weight excluding hydrogens is 152 g/mol. The number of aliphatic carboxylic acids is 1. The fourth-order valence-corrected chi connectivity index (χ4v) is 1.02. The van der Waals surface area contributed by atoms with Crippen LogP contribution in [0, 0.1) is 5.92 Å². The molecule has 0 spiro atoms. The van der Waals surface area contributed by atoms with Crippen molar-refractivity contribution in [2.45, 2.75) is 6.10 Å². The van der Waals surface area contributed by atoms with Crippen LogP contribution in [-0.4, -0.2) is 42.3 Å². The molecular formula is C6H10O5. The molecule has 64 valence electrons. The summed E-state index contributed by atoms with van der Waals surface area (Å²) in [5.41, 5.74) is 0. The molecule has 1 aliphatic rings. The summed E-state index contributed by atoms with van der Waals surface area (Å²) < 4.78 is 9.59. The fraction of sp³-hybridized carbons (Fsp3) is 0.833. The molecule has 1 rings (SSSR count). The van der Waals surface area contributed by atoms with E-state index in [4.69, 9.17) is 19.7 Å². The average molecular weight is 162 g/mol. The Morgan fingerprint density at radius 3 is 2.91 bits per heavy atom. The highest BCUT2D eigenvalue weighted by molar-refractivity contribution is 5.71. The van der Waals surface area contributed by atoms with Crippen molar-refractivity contribution in [3.63, 3.8) is 0 Å². The van der Waals surface area contributed by atoms with Crippen LogP contribution in [0.1, 0.15) is 0 Å². The zero-order chi connectivity index (χ0) is 8.27. The van der Waals surface area contributed by atoms with Gasteiger partial charge in [-0.2, -0.15) is 0 Å². The maximum absolute atomic E-state index is 10.4. The lowest BCUT2D eigenvalue weighted by molar-refractivity contribution is -0.147. The van der Waals surface area contributed by atoms with E-state index in [2.05, 4.69) is 0 Å². The second kappa shape index (κ2) is 3.66. The molecule has 5 heteroatoms. The first kappa shape index (κ1) is 8.45. The molecule has 0 aliphatic carbocycles. The Bertz CT molecular complexity index is 146. The summed E-state index contributed by atoms with van der Waals surface area (Å²) in [7, 11) is 0. The van der Waals surface area contributed by atoms with Crippen LogP contribution in [-0.2, 0) is 14.3 Å². The molecule has 0 aromatic rings. The van der Waals surface area contributed by atoms with Gasteiger partial charge in [-0.3, -0.25) is 4.79 Å². The Kier molecular flexibility index (Phi) is 2.81. The lowest BCUT2D eigenvalue weighted by atomic mass is 10.1. The van der Waals surface area contributed by atoms with Crippen molar-refractivity contribution in [3.8, 4) is 0 Å². The van der Waals surface area contributed by atoms with E-state index < -0.39 is 24.8 Å². The van der Waals surface area contributed by atoms with Gasteiger partial charge in [-0.05, 0) is 0 Å². The number of carboxylic acid groups (broad SMARTS) is 1. The highest BCUT2D eigenvalue weighted by Crippen LogP contribution is 2.16. The summed E-state index contributed by atoms with van der Waals surface area (Å²) >= 11 is 0. The van der Waals surface area contributed by atoms with Gasteiger partial charge in [0.15, 0.2) is 0 Å². The van der Waals surface area contributed by atoms with Gasteiger partial charge in [0, 0.05) is 0 Å². The third-order valence-electron chi connectivity index (χ3n) is 1.63. The third-order valence-corrected chi connectivity index (χ3v) is 1.63. The predicted molar refractivity (Wildman–Crippen MR) is 33.9 cm³/mol. The van der Waals surface area contributed by atoms with E-state index in [1.165, 1.54) is 0 Å². The molecule has 0 saturated carbocycles. The third kappa shape index (κ3) is 1.89. The molecule has 0 unspecified atom stereocenters. The number of hydrogen-bond acceptors (Lipinski definition) is 4. The lowest BCUT2D eigenvalue weighted by Gasteiger charge is -2.11. The molecule has 11 heavy (non-hydrogen) atoms. The Labute approximate surface area is 63.5 Å². The van der Waals surface area contributed by atoms with Gasteiger partial charge in [0.25, 0.3) is 0 Å².